The van der Waals surface area contributed by atoms with Gasteiger partial charge in [0.1, 0.15) is 0 Å². The molecule has 26 heavy (non-hydrogen) atoms. The number of benzene rings is 3. The summed E-state index contributed by atoms with van der Waals surface area (Å²) in [6.45, 7) is 8.41. The fourth-order valence-electron chi connectivity index (χ4n) is 2.86. The molecule has 0 amide bonds. The van der Waals surface area contributed by atoms with Gasteiger partial charge in [-0.15, -0.1) is 0 Å². The normalized spacial score (nSPS) is 11.2. The fourth-order valence-corrected chi connectivity index (χ4v) is 2.86. The molecule has 3 aromatic carbocycles. The van der Waals surface area contributed by atoms with Gasteiger partial charge in [-0.2, -0.15) is 0 Å². The van der Waals surface area contributed by atoms with E-state index in [1.165, 1.54) is 16.7 Å². The molecular formula is C24H28N2. The lowest BCUT2D eigenvalue weighted by Gasteiger charge is -2.22. The third-order valence-corrected chi connectivity index (χ3v) is 4.48. The van der Waals surface area contributed by atoms with Crippen LogP contribution in [0.4, 0.5) is 11.4 Å². The van der Waals surface area contributed by atoms with Crippen LogP contribution < -0.4 is 10.6 Å². The molecule has 0 saturated carbocycles. The van der Waals surface area contributed by atoms with Gasteiger partial charge in [0.2, 0.25) is 0 Å². The summed E-state index contributed by atoms with van der Waals surface area (Å²) in [6, 6.07) is 27.7. The Labute approximate surface area is 157 Å². The number of nitrogens with one attached hydrogen (secondary N) is 2. The van der Waals surface area contributed by atoms with E-state index in [4.69, 9.17) is 0 Å². The molecule has 0 bridgehead atoms. The maximum atomic E-state index is 3.57. The molecular weight excluding hydrogens is 316 g/mol. The van der Waals surface area contributed by atoms with Gasteiger partial charge in [-0.1, -0.05) is 81.4 Å². The molecule has 0 aliphatic carbocycles. The molecule has 0 aliphatic rings. The Balaban J connectivity index is 1.77. The number of anilines is 2. The first kappa shape index (κ1) is 18.1. The Hall–Kier alpha value is -2.74. The molecule has 2 heteroatoms. The van der Waals surface area contributed by atoms with Crippen molar-refractivity contribution in [2.24, 2.45) is 0 Å². The van der Waals surface area contributed by atoms with Crippen LogP contribution in [0.2, 0.25) is 0 Å². The van der Waals surface area contributed by atoms with Crippen molar-refractivity contribution >= 4 is 11.4 Å². The highest BCUT2D eigenvalue weighted by atomic mass is 14.9. The number of rotatable bonds is 6. The van der Waals surface area contributed by atoms with E-state index in [0.717, 1.165) is 24.5 Å². The SMILES string of the molecule is CC(C)(C)c1cc(NCc2ccccc2)cc(NCc2ccccc2)c1. The largest absolute Gasteiger partial charge is 0.381 e. The minimum Gasteiger partial charge on any atom is -0.381 e. The molecule has 0 unspecified atom stereocenters. The van der Waals surface area contributed by atoms with E-state index in [9.17, 15) is 0 Å². The molecule has 3 aromatic rings. The Morgan fingerprint density at radius 3 is 1.42 bits per heavy atom. The first-order valence-corrected chi connectivity index (χ1v) is 9.22. The van der Waals surface area contributed by atoms with Crippen LogP contribution in [0.25, 0.3) is 0 Å². The summed E-state index contributed by atoms with van der Waals surface area (Å²) in [7, 11) is 0. The van der Waals surface area contributed by atoms with E-state index in [1.807, 2.05) is 0 Å². The van der Waals surface area contributed by atoms with Crippen molar-refractivity contribution in [2.75, 3.05) is 10.6 Å². The van der Waals surface area contributed by atoms with Gasteiger partial charge in [0.15, 0.2) is 0 Å². The Bertz CT molecular complexity index is 756. The summed E-state index contributed by atoms with van der Waals surface area (Å²) in [5.41, 5.74) is 6.30. The molecule has 2 N–H and O–H groups in total. The van der Waals surface area contributed by atoms with Crippen molar-refractivity contribution in [3.63, 3.8) is 0 Å². The van der Waals surface area contributed by atoms with Crippen LogP contribution in [0.15, 0.2) is 78.9 Å². The summed E-state index contributed by atoms with van der Waals surface area (Å²) >= 11 is 0. The van der Waals surface area contributed by atoms with Crippen molar-refractivity contribution in [3.05, 3.63) is 95.6 Å². The zero-order valence-corrected chi connectivity index (χ0v) is 15.9. The smallest absolute Gasteiger partial charge is 0.0400 e. The van der Waals surface area contributed by atoms with E-state index in [0.29, 0.717) is 0 Å². The molecule has 3 rings (SSSR count). The van der Waals surface area contributed by atoms with Gasteiger partial charge in [-0.05, 0) is 40.3 Å². The van der Waals surface area contributed by atoms with Gasteiger partial charge in [0.25, 0.3) is 0 Å². The predicted molar refractivity (Wildman–Crippen MR) is 113 cm³/mol. The molecule has 0 atom stereocenters. The number of hydrogen-bond acceptors (Lipinski definition) is 2. The minimum atomic E-state index is 0.105. The molecule has 0 heterocycles. The second-order valence-electron chi connectivity index (χ2n) is 7.73. The summed E-state index contributed by atoms with van der Waals surface area (Å²) in [5.74, 6) is 0. The Kier molecular flexibility index (Phi) is 5.62. The van der Waals surface area contributed by atoms with Gasteiger partial charge < -0.3 is 10.6 Å². The van der Waals surface area contributed by atoms with Crippen LogP contribution in [0.3, 0.4) is 0 Å². The van der Waals surface area contributed by atoms with Gasteiger partial charge in [0, 0.05) is 24.5 Å². The van der Waals surface area contributed by atoms with Crippen LogP contribution in [0, 0.1) is 0 Å². The third-order valence-electron chi connectivity index (χ3n) is 4.48. The van der Waals surface area contributed by atoms with E-state index in [2.05, 4.69) is 110 Å². The van der Waals surface area contributed by atoms with Crippen molar-refractivity contribution in [3.8, 4) is 0 Å². The van der Waals surface area contributed by atoms with E-state index >= 15 is 0 Å². The fraction of sp³-hybridized carbons (Fsp3) is 0.250. The number of hydrogen-bond donors (Lipinski definition) is 2. The van der Waals surface area contributed by atoms with Crippen LogP contribution in [-0.4, -0.2) is 0 Å². The second-order valence-corrected chi connectivity index (χ2v) is 7.73. The highest BCUT2D eigenvalue weighted by molar-refractivity contribution is 5.60. The lowest BCUT2D eigenvalue weighted by Crippen LogP contribution is -2.13. The molecule has 2 nitrogen and oxygen atoms in total. The zero-order valence-electron chi connectivity index (χ0n) is 15.9. The molecule has 0 spiro atoms. The Morgan fingerprint density at radius 1 is 0.615 bits per heavy atom. The standard InChI is InChI=1S/C24H28N2/c1-24(2,3)21-14-22(25-17-19-10-6-4-7-11-19)16-23(15-21)26-18-20-12-8-5-9-13-20/h4-16,25-26H,17-18H2,1-3H3. The summed E-state index contributed by atoms with van der Waals surface area (Å²) in [5, 5.41) is 7.14. The lowest BCUT2D eigenvalue weighted by molar-refractivity contribution is 0.590. The summed E-state index contributed by atoms with van der Waals surface area (Å²) < 4.78 is 0. The Morgan fingerprint density at radius 2 is 1.04 bits per heavy atom. The van der Waals surface area contributed by atoms with Crippen LogP contribution >= 0.6 is 0 Å². The van der Waals surface area contributed by atoms with Crippen LogP contribution in [-0.2, 0) is 18.5 Å². The average molecular weight is 345 g/mol. The minimum absolute atomic E-state index is 0.105. The average Bonchev–Trinajstić information content (AvgIpc) is 2.66. The monoisotopic (exact) mass is 344 g/mol. The highest BCUT2D eigenvalue weighted by Gasteiger charge is 2.15. The maximum Gasteiger partial charge on any atom is 0.0400 e. The maximum absolute atomic E-state index is 3.57. The first-order valence-electron chi connectivity index (χ1n) is 9.22. The molecule has 0 aliphatic heterocycles. The van der Waals surface area contributed by atoms with Gasteiger partial charge in [0.05, 0.1) is 0 Å². The van der Waals surface area contributed by atoms with Crippen LogP contribution in [0.1, 0.15) is 37.5 Å². The highest BCUT2D eigenvalue weighted by Crippen LogP contribution is 2.29. The van der Waals surface area contributed by atoms with Gasteiger partial charge >= 0.3 is 0 Å². The molecule has 134 valence electrons. The topological polar surface area (TPSA) is 24.1 Å². The van der Waals surface area contributed by atoms with E-state index in [1.54, 1.807) is 0 Å². The molecule has 0 aromatic heterocycles. The first-order chi connectivity index (χ1) is 12.5. The van der Waals surface area contributed by atoms with Crippen molar-refractivity contribution in [1.29, 1.82) is 0 Å². The molecule has 0 saturated heterocycles. The van der Waals surface area contributed by atoms with Gasteiger partial charge in [-0.25, -0.2) is 0 Å². The molecule has 0 fully saturated rings. The van der Waals surface area contributed by atoms with Crippen LogP contribution in [0.5, 0.6) is 0 Å². The summed E-state index contributed by atoms with van der Waals surface area (Å²) in [4.78, 5) is 0. The quantitative estimate of drug-likeness (QED) is 0.555. The van der Waals surface area contributed by atoms with E-state index in [-0.39, 0.29) is 5.41 Å². The lowest BCUT2D eigenvalue weighted by atomic mass is 9.86. The van der Waals surface area contributed by atoms with Crippen molar-refractivity contribution in [1.82, 2.24) is 0 Å². The third kappa shape index (κ3) is 5.13. The van der Waals surface area contributed by atoms with Crippen molar-refractivity contribution in [2.45, 2.75) is 39.3 Å². The molecule has 0 radical (unpaired) electrons. The summed E-state index contributed by atoms with van der Waals surface area (Å²) in [6.07, 6.45) is 0. The van der Waals surface area contributed by atoms with Gasteiger partial charge in [-0.3, -0.25) is 0 Å². The van der Waals surface area contributed by atoms with Crippen molar-refractivity contribution < 1.29 is 0 Å². The zero-order chi connectivity index (χ0) is 18.4. The predicted octanol–water partition coefficient (Wildman–Crippen LogP) is 6.21. The second kappa shape index (κ2) is 8.09. The van der Waals surface area contributed by atoms with E-state index < -0.39 is 0 Å².